The summed E-state index contributed by atoms with van der Waals surface area (Å²) in [4.78, 5) is 41.1. The highest BCUT2D eigenvalue weighted by Gasteiger charge is 2.49. The normalized spacial score (nSPS) is 19.4. The first-order valence-corrected chi connectivity index (χ1v) is 16.4. The number of benzene rings is 2. The quantitative estimate of drug-likeness (QED) is 0.107. The van der Waals surface area contributed by atoms with Gasteiger partial charge in [-0.05, 0) is 88.1 Å². The number of hydrogen-bond acceptors (Lipinski definition) is 8. The second kappa shape index (κ2) is 12.9. The predicted octanol–water partition coefficient (Wildman–Crippen LogP) is 7.51. The largest absolute Gasteiger partial charge is 0.493 e. The van der Waals surface area contributed by atoms with Crippen LogP contribution >= 0.6 is 22.6 Å². The standard InChI is InChI=1S/C35H41IN2O7/c1-34(2)16-25-31(27(39)18-34)30(32-26(37(25)12-7-13-43-5)17-35(3,4)19-28(32)40)22-14-24(36)33(29(15-22)44-6)45-20-21-8-10-23(11-9-21)38(41)42/h8-11,14-15,30H,7,12-13,16-20H2,1-6H3. The van der Waals surface area contributed by atoms with Crippen molar-refractivity contribution in [3.05, 3.63) is 83.7 Å². The number of allylic oxidation sites excluding steroid dienone is 4. The van der Waals surface area contributed by atoms with Crippen LogP contribution < -0.4 is 9.47 Å². The Balaban J connectivity index is 1.60. The van der Waals surface area contributed by atoms with E-state index in [0.29, 0.717) is 37.5 Å². The summed E-state index contributed by atoms with van der Waals surface area (Å²) in [6, 6.07) is 10.1. The summed E-state index contributed by atoms with van der Waals surface area (Å²) in [5, 5.41) is 11.0. The lowest BCUT2D eigenvalue weighted by molar-refractivity contribution is -0.384. The van der Waals surface area contributed by atoms with Gasteiger partial charge in [-0.2, -0.15) is 0 Å². The zero-order chi connectivity index (χ0) is 32.7. The zero-order valence-electron chi connectivity index (χ0n) is 26.8. The van der Waals surface area contributed by atoms with Gasteiger partial charge in [0, 0.05) is 73.7 Å². The molecule has 0 saturated heterocycles. The first-order chi connectivity index (χ1) is 21.2. The molecular weight excluding hydrogens is 687 g/mol. The molecule has 2 aliphatic carbocycles. The number of ether oxygens (including phenoxy) is 3. The summed E-state index contributed by atoms with van der Waals surface area (Å²) in [5.41, 5.74) is 4.70. The van der Waals surface area contributed by atoms with E-state index in [2.05, 4.69) is 55.2 Å². The lowest BCUT2D eigenvalue weighted by atomic mass is 9.63. The van der Waals surface area contributed by atoms with Gasteiger partial charge in [0.15, 0.2) is 23.1 Å². The molecule has 0 radical (unpaired) electrons. The van der Waals surface area contributed by atoms with Crippen LogP contribution in [0, 0.1) is 24.5 Å². The van der Waals surface area contributed by atoms with Gasteiger partial charge in [0.2, 0.25) is 0 Å². The third-order valence-electron chi connectivity index (χ3n) is 8.87. The van der Waals surface area contributed by atoms with Crippen molar-refractivity contribution >= 4 is 39.8 Å². The smallest absolute Gasteiger partial charge is 0.269 e. The van der Waals surface area contributed by atoms with Gasteiger partial charge in [-0.1, -0.05) is 27.7 Å². The molecule has 2 aromatic carbocycles. The molecule has 1 heterocycles. The van der Waals surface area contributed by atoms with Crippen LogP contribution in [0.4, 0.5) is 5.69 Å². The molecular formula is C35H41IN2O7. The summed E-state index contributed by atoms with van der Waals surface area (Å²) in [6.45, 7) is 10.0. The van der Waals surface area contributed by atoms with Crippen molar-refractivity contribution in [3.8, 4) is 11.5 Å². The molecule has 0 bridgehead atoms. The molecule has 0 fully saturated rings. The first-order valence-electron chi connectivity index (χ1n) is 15.3. The van der Waals surface area contributed by atoms with Gasteiger partial charge in [-0.15, -0.1) is 0 Å². The van der Waals surface area contributed by atoms with Crippen LogP contribution in [0.1, 0.15) is 76.8 Å². The first kappa shape index (κ1) is 33.1. The van der Waals surface area contributed by atoms with Crippen LogP contribution in [-0.2, 0) is 20.9 Å². The molecule has 0 aromatic heterocycles. The predicted molar refractivity (Wildman–Crippen MR) is 179 cm³/mol. The number of ketones is 2. The maximum absolute atomic E-state index is 14.1. The topological polar surface area (TPSA) is 108 Å². The van der Waals surface area contributed by atoms with Crippen molar-refractivity contribution in [1.29, 1.82) is 0 Å². The van der Waals surface area contributed by atoms with Gasteiger partial charge in [0.1, 0.15) is 6.61 Å². The van der Waals surface area contributed by atoms with Crippen molar-refractivity contribution < 1.29 is 28.7 Å². The third kappa shape index (κ3) is 6.82. The Morgan fingerprint density at radius 1 is 0.933 bits per heavy atom. The van der Waals surface area contributed by atoms with E-state index in [9.17, 15) is 19.7 Å². The maximum atomic E-state index is 14.1. The lowest BCUT2D eigenvalue weighted by Crippen LogP contribution is -2.44. The van der Waals surface area contributed by atoms with E-state index in [1.807, 2.05) is 12.1 Å². The van der Waals surface area contributed by atoms with E-state index in [0.717, 1.165) is 56.5 Å². The molecule has 0 spiro atoms. The van der Waals surface area contributed by atoms with Gasteiger partial charge >= 0.3 is 0 Å². The highest BCUT2D eigenvalue weighted by molar-refractivity contribution is 14.1. The number of nitrogens with zero attached hydrogens (tertiary/aromatic N) is 2. The van der Waals surface area contributed by atoms with E-state index < -0.39 is 10.8 Å². The summed E-state index contributed by atoms with van der Waals surface area (Å²) in [7, 11) is 3.26. The summed E-state index contributed by atoms with van der Waals surface area (Å²) in [6.07, 6.45) is 3.11. The van der Waals surface area contributed by atoms with Crippen molar-refractivity contribution in [1.82, 2.24) is 4.90 Å². The number of halogens is 1. The van der Waals surface area contributed by atoms with Crippen LogP contribution in [0.5, 0.6) is 11.5 Å². The number of carbonyl (C=O) groups is 2. The average Bonchev–Trinajstić information content (AvgIpc) is 2.95. The van der Waals surface area contributed by atoms with E-state index >= 15 is 0 Å². The number of rotatable bonds is 10. The minimum absolute atomic E-state index is 0.0173. The minimum atomic E-state index is -0.494. The maximum Gasteiger partial charge on any atom is 0.269 e. The number of Topliss-reactive ketones (excluding diaryl/α,β-unsaturated/α-hetero) is 2. The van der Waals surface area contributed by atoms with Gasteiger partial charge in [-0.25, -0.2) is 0 Å². The average molecular weight is 729 g/mol. The van der Waals surface area contributed by atoms with Crippen molar-refractivity contribution in [2.75, 3.05) is 27.4 Å². The minimum Gasteiger partial charge on any atom is -0.493 e. The highest BCUT2D eigenvalue weighted by Crippen LogP contribution is 2.55. The van der Waals surface area contributed by atoms with Crippen LogP contribution in [0.2, 0.25) is 0 Å². The Morgan fingerprint density at radius 2 is 1.51 bits per heavy atom. The van der Waals surface area contributed by atoms with Crippen molar-refractivity contribution in [3.63, 3.8) is 0 Å². The van der Waals surface area contributed by atoms with Gasteiger partial charge in [0.25, 0.3) is 5.69 Å². The van der Waals surface area contributed by atoms with E-state index in [1.165, 1.54) is 12.1 Å². The Bertz CT molecular complexity index is 1540. The molecule has 0 saturated carbocycles. The molecule has 1 aliphatic heterocycles. The fourth-order valence-electron chi connectivity index (χ4n) is 6.93. The second-order valence-corrected chi connectivity index (χ2v) is 14.9. The number of nitro benzene ring substituents is 1. The molecule has 3 aliphatic rings. The monoisotopic (exact) mass is 728 g/mol. The summed E-state index contributed by atoms with van der Waals surface area (Å²) >= 11 is 2.21. The Labute approximate surface area is 278 Å². The van der Waals surface area contributed by atoms with Crippen LogP contribution in [-0.4, -0.2) is 48.8 Å². The summed E-state index contributed by atoms with van der Waals surface area (Å²) < 4.78 is 18.2. The second-order valence-electron chi connectivity index (χ2n) is 13.8. The van der Waals surface area contributed by atoms with Crippen molar-refractivity contribution in [2.45, 2.75) is 72.3 Å². The number of hydrogen-bond donors (Lipinski definition) is 0. The van der Waals surface area contributed by atoms with Crippen LogP contribution in [0.15, 0.2) is 58.9 Å². The molecule has 0 unspecified atom stereocenters. The fraction of sp³-hybridized carbons (Fsp3) is 0.486. The van der Waals surface area contributed by atoms with E-state index in [-0.39, 0.29) is 34.7 Å². The molecule has 9 nitrogen and oxygen atoms in total. The van der Waals surface area contributed by atoms with Gasteiger partial charge in [-0.3, -0.25) is 19.7 Å². The molecule has 240 valence electrons. The Hall–Kier alpha value is -3.25. The number of methoxy groups -OCH3 is 2. The zero-order valence-corrected chi connectivity index (χ0v) is 29.0. The van der Waals surface area contributed by atoms with E-state index in [4.69, 9.17) is 14.2 Å². The van der Waals surface area contributed by atoms with E-state index in [1.54, 1.807) is 26.4 Å². The Kier molecular flexibility index (Phi) is 9.47. The van der Waals surface area contributed by atoms with Gasteiger partial charge in [0.05, 0.1) is 15.6 Å². The molecule has 0 N–H and O–H groups in total. The molecule has 45 heavy (non-hydrogen) atoms. The lowest BCUT2D eigenvalue weighted by Gasteiger charge is -2.49. The highest BCUT2D eigenvalue weighted by atomic mass is 127. The number of nitro groups is 1. The Morgan fingerprint density at radius 3 is 2.02 bits per heavy atom. The number of non-ortho nitro benzene ring substituents is 1. The number of carbonyl (C=O) groups excluding carboxylic acids is 2. The van der Waals surface area contributed by atoms with Crippen LogP contribution in [0.3, 0.4) is 0 Å². The third-order valence-corrected chi connectivity index (χ3v) is 9.67. The van der Waals surface area contributed by atoms with Gasteiger partial charge < -0.3 is 19.1 Å². The fourth-order valence-corrected chi connectivity index (χ4v) is 7.72. The SMILES string of the molecule is COCCCN1C2=C(C(=O)CC(C)(C)C2)C(c2cc(I)c(OCc3ccc([N+](=O)[O-])cc3)c(OC)c2)C2=C1CC(C)(C)CC2=O. The molecule has 0 atom stereocenters. The molecule has 5 rings (SSSR count). The molecule has 10 heteroatoms. The molecule has 2 aromatic rings. The molecule has 0 amide bonds. The summed E-state index contributed by atoms with van der Waals surface area (Å²) in [5.74, 6) is 0.706. The van der Waals surface area contributed by atoms with Crippen LogP contribution in [0.25, 0.3) is 0 Å². The van der Waals surface area contributed by atoms with Crippen molar-refractivity contribution in [2.24, 2.45) is 10.8 Å².